The van der Waals surface area contributed by atoms with Gasteiger partial charge in [0, 0.05) is 11.6 Å². The highest BCUT2D eigenvalue weighted by Gasteiger charge is 2.07. The van der Waals surface area contributed by atoms with Gasteiger partial charge in [0.25, 0.3) is 0 Å². The van der Waals surface area contributed by atoms with E-state index in [4.69, 9.17) is 4.98 Å². The molecule has 4 rings (SSSR count). The lowest BCUT2D eigenvalue weighted by Gasteiger charge is -2.04. The predicted molar refractivity (Wildman–Crippen MR) is 74.8 cm³/mol. The number of aromatic nitrogens is 2. The Kier molecular flexibility index (Phi) is 2.03. The van der Waals surface area contributed by atoms with Gasteiger partial charge >= 0.3 is 0 Å². The summed E-state index contributed by atoms with van der Waals surface area (Å²) in [5.41, 5.74) is 3.52. The highest BCUT2D eigenvalue weighted by molar-refractivity contribution is 6.09. The molecule has 3 heteroatoms. The molecule has 1 aliphatic rings. The first-order valence-electron chi connectivity index (χ1n) is 6.21. The maximum Gasteiger partial charge on any atom is 0.160 e. The molecule has 3 nitrogen and oxygen atoms in total. The number of Topliss-reactive ketones (excluding diaryl/α,β-unsaturated/α-hetero) is 1. The number of rotatable bonds is 0. The molecule has 0 spiro atoms. The summed E-state index contributed by atoms with van der Waals surface area (Å²) in [6.07, 6.45) is 4.08. The Morgan fingerprint density at radius 1 is 0.895 bits per heavy atom. The SMILES string of the molecule is O=C1C=c2ccc3nc4ccccc4nc3c2=CC1. The summed E-state index contributed by atoms with van der Waals surface area (Å²) in [5.74, 6) is 0.139. The minimum atomic E-state index is 0.139. The molecule has 0 fully saturated rings. The first-order chi connectivity index (χ1) is 9.31. The van der Waals surface area contributed by atoms with Gasteiger partial charge in [-0.3, -0.25) is 4.79 Å². The molecule has 2 aromatic carbocycles. The second-order valence-corrected chi connectivity index (χ2v) is 4.67. The molecule has 0 atom stereocenters. The molecule has 3 aromatic rings. The summed E-state index contributed by atoms with van der Waals surface area (Å²) >= 11 is 0. The van der Waals surface area contributed by atoms with Gasteiger partial charge in [0.1, 0.15) is 0 Å². The minimum absolute atomic E-state index is 0.139. The molecule has 1 heterocycles. The number of hydrogen-bond donors (Lipinski definition) is 0. The molecule has 0 unspecified atom stereocenters. The third-order valence-electron chi connectivity index (χ3n) is 3.41. The van der Waals surface area contributed by atoms with E-state index in [1.807, 2.05) is 42.5 Å². The number of hydrogen-bond acceptors (Lipinski definition) is 3. The first kappa shape index (κ1) is 10.4. The molecule has 0 amide bonds. The molecule has 1 aliphatic carbocycles. The molecule has 0 bridgehead atoms. The van der Waals surface area contributed by atoms with E-state index < -0.39 is 0 Å². The first-order valence-corrected chi connectivity index (χ1v) is 6.21. The van der Waals surface area contributed by atoms with Gasteiger partial charge in [-0.2, -0.15) is 0 Å². The van der Waals surface area contributed by atoms with E-state index in [1.165, 1.54) is 0 Å². The Morgan fingerprint density at radius 3 is 2.53 bits per heavy atom. The van der Waals surface area contributed by atoms with E-state index in [0.29, 0.717) is 6.42 Å². The van der Waals surface area contributed by atoms with Gasteiger partial charge in [-0.15, -0.1) is 0 Å². The zero-order valence-corrected chi connectivity index (χ0v) is 10.1. The van der Waals surface area contributed by atoms with Gasteiger partial charge in [0.15, 0.2) is 5.78 Å². The van der Waals surface area contributed by atoms with E-state index in [1.54, 1.807) is 6.08 Å². The zero-order chi connectivity index (χ0) is 12.8. The molecule has 0 aliphatic heterocycles. The van der Waals surface area contributed by atoms with Crippen LogP contribution in [-0.4, -0.2) is 15.8 Å². The van der Waals surface area contributed by atoms with Crippen molar-refractivity contribution in [1.82, 2.24) is 9.97 Å². The van der Waals surface area contributed by atoms with E-state index in [-0.39, 0.29) is 5.78 Å². The van der Waals surface area contributed by atoms with E-state index in [9.17, 15) is 4.79 Å². The summed E-state index contributed by atoms with van der Waals surface area (Å²) in [7, 11) is 0. The molecule has 90 valence electrons. The molecule has 0 radical (unpaired) electrons. The third-order valence-corrected chi connectivity index (χ3v) is 3.41. The van der Waals surface area contributed by atoms with Crippen LogP contribution >= 0.6 is 0 Å². The molecule has 0 N–H and O–H groups in total. The van der Waals surface area contributed by atoms with Crippen molar-refractivity contribution >= 4 is 40.0 Å². The van der Waals surface area contributed by atoms with Crippen LogP contribution in [0.1, 0.15) is 6.42 Å². The van der Waals surface area contributed by atoms with Crippen LogP contribution in [0.2, 0.25) is 0 Å². The second kappa shape index (κ2) is 3.72. The highest BCUT2D eigenvalue weighted by Crippen LogP contribution is 2.12. The van der Waals surface area contributed by atoms with Gasteiger partial charge in [0.05, 0.1) is 22.1 Å². The van der Waals surface area contributed by atoms with Crippen LogP contribution in [0, 0.1) is 0 Å². The van der Waals surface area contributed by atoms with Crippen molar-refractivity contribution in [3.05, 3.63) is 46.8 Å². The Bertz CT molecular complexity index is 958. The van der Waals surface area contributed by atoms with E-state index >= 15 is 0 Å². The lowest BCUT2D eigenvalue weighted by atomic mass is 10.1. The van der Waals surface area contributed by atoms with Crippen molar-refractivity contribution in [2.45, 2.75) is 6.42 Å². The zero-order valence-electron chi connectivity index (χ0n) is 10.1. The molecular weight excluding hydrogens is 236 g/mol. The lowest BCUT2D eigenvalue weighted by molar-refractivity contribution is -0.112. The number of nitrogens with zero attached hydrogens (tertiary/aromatic N) is 2. The van der Waals surface area contributed by atoms with Crippen molar-refractivity contribution in [2.75, 3.05) is 0 Å². The smallest absolute Gasteiger partial charge is 0.160 e. The largest absolute Gasteiger partial charge is 0.294 e. The lowest BCUT2D eigenvalue weighted by Crippen LogP contribution is -2.30. The standard InChI is InChI=1S/C16H10N2O/c19-11-6-7-12-10(9-11)5-8-15-16(12)18-14-4-2-1-3-13(14)17-15/h1-5,7-9H,6H2. The average Bonchev–Trinajstić information content (AvgIpc) is 2.44. The molecule has 0 saturated heterocycles. The van der Waals surface area contributed by atoms with E-state index in [2.05, 4.69) is 4.98 Å². The van der Waals surface area contributed by atoms with Crippen LogP contribution in [0.5, 0.6) is 0 Å². The maximum absolute atomic E-state index is 11.5. The summed E-state index contributed by atoms with van der Waals surface area (Å²) in [6, 6.07) is 11.7. The van der Waals surface area contributed by atoms with E-state index in [0.717, 1.165) is 32.5 Å². The molecule has 19 heavy (non-hydrogen) atoms. The Labute approximate surface area is 108 Å². The predicted octanol–water partition coefficient (Wildman–Crippen LogP) is 1.32. The fourth-order valence-electron chi connectivity index (χ4n) is 2.50. The number of carbonyl (C=O) groups excluding carboxylic acids is 1. The van der Waals surface area contributed by atoms with Crippen LogP contribution in [-0.2, 0) is 4.79 Å². The highest BCUT2D eigenvalue weighted by atomic mass is 16.1. The van der Waals surface area contributed by atoms with Crippen LogP contribution in [0.3, 0.4) is 0 Å². The Morgan fingerprint density at radius 2 is 1.68 bits per heavy atom. The van der Waals surface area contributed by atoms with Gasteiger partial charge in [-0.1, -0.05) is 24.3 Å². The Balaban J connectivity index is 2.23. The van der Waals surface area contributed by atoms with Crippen molar-refractivity contribution in [1.29, 1.82) is 0 Å². The topological polar surface area (TPSA) is 42.9 Å². The average molecular weight is 246 g/mol. The Hall–Kier alpha value is -2.55. The summed E-state index contributed by atoms with van der Waals surface area (Å²) in [5, 5.41) is 1.96. The van der Waals surface area contributed by atoms with Crippen molar-refractivity contribution in [3.63, 3.8) is 0 Å². The van der Waals surface area contributed by atoms with Crippen molar-refractivity contribution < 1.29 is 4.79 Å². The van der Waals surface area contributed by atoms with Crippen molar-refractivity contribution in [2.24, 2.45) is 0 Å². The summed E-state index contributed by atoms with van der Waals surface area (Å²) in [4.78, 5) is 20.8. The molecule has 0 saturated carbocycles. The molecular formula is C16H10N2O. The van der Waals surface area contributed by atoms with Gasteiger partial charge in [-0.25, -0.2) is 9.97 Å². The second-order valence-electron chi connectivity index (χ2n) is 4.67. The fraction of sp³-hybridized carbons (Fsp3) is 0.0625. The third kappa shape index (κ3) is 1.55. The van der Waals surface area contributed by atoms with Crippen LogP contribution < -0.4 is 10.4 Å². The van der Waals surface area contributed by atoms with Crippen LogP contribution in [0.15, 0.2) is 36.4 Å². The van der Waals surface area contributed by atoms with Crippen molar-refractivity contribution in [3.8, 4) is 0 Å². The van der Waals surface area contributed by atoms with Gasteiger partial charge < -0.3 is 0 Å². The monoisotopic (exact) mass is 246 g/mol. The van der Waals surface area contributed by atoms with Gasteiger partial charge in [-0.05, 0) is 29.5 Å². The maximum atomic E-state index is 11.5. The fourth-order valence-corrected chi connectivity index (χ4v) is 2.50. The number of carbonyl (C=O) groups is 1. The summed E-state index contributed by atoms with van der Waals surface area (Å²) < 4.78 is 0. The summed E-state index contributed by atoms with van der Waals surface area (Å²) in [6.45, 7) is 0. The van der Waals surface area contributed by atoms with Gasteiger partial charge in [0.2, 0.25) is 0 Å². The minimum Gasteiger partial charge on any atom is -0.294 e. The van der Waals surface area contributed by atoms with Crippen LogP contribution in [0.25, 0.3) is 34.2 Å². The number of benzene rings is 2. The normalized spacial score (nSPS) is 14.0. The number of fused-ring (bicyclic) bond motifs is 4. The molecule has 1 aromatic heterocycles. The quantitative estimate of drug-likeness (QED) is 0.562. The van der Waals surface area contributed by atoms with Crippen LogP contribution in [0.4, 0.5) is 0 Å². The number of ketones is 1. The number of para-hydroxylation sites is 2.